The minimum Gasteiger partial charge on any atom is -0.491 e. The van der Waals surface area contributed by atoms with E-state index in [0.717, 1.165) is 19.3 Å². The zero-order chi connectivity index (χ0) is 14.4. The second kappa shape index (κ2) is 6.70. The standard InChI is InChI=1S/C15H20FNO3/c16-12-5-1-2-6-13(12)20-10-3-7-14(18)17-11-15(19)8-4-9-15/h1-2,5-6,19H,3-4,7-11H2,(H,17,18). The molecule has 0 aromatic heterocycles. The van der Waals surface area contributed by atoms with E-state index in [1.807, 2.05) is 0 Å². The number of hydrogen-bond acceptors (Lipinski definition) is 3. The van der Waals surface area contributed by atoms with Crippen molar-refractivity contribution in [1.29, 1.82) is 0 Å². The highest BCUT2D eigenvalue weighted by Crippen LogP contribution is 2.30. The van der Waals surface area contributed by atoms with Gasteiger partial charge in [-0.3, -0.25) is 4.79 Å². The van der Waals surface area contributed by atoms with Gasteiger partial charge < -0.3 is 15.2 Å². The summed E-state index contributed by atoms with van der Waals surface area (Å²) in [6, 6.07) is 6.19. The molecular weight excluding hydrogens is 261 g/mol. The average Bonchev–Trinajstić information content (AvgIpc) is 2.41. The Hall–Kier alpha value is -1.62. The molecule has 1 fully saturated rings. The van der Waals surface area contributed by atoms with Crippen molar-refractivity contribution >= 4 is 5.91 Å². The fraction of sp³-hybridized carbons (Fsp3) is 0.533. The molecule has 0 spiro atoms. The third-order valence-electron chi connectivity index (χ3n) is 3.54. The van der Waals surface area contributed by atoms with Crippen LogP contribution in [0.15, 0.2) is 24.3 Å². The van der Waals surface area contributed by atoms with E-state index in [1.165, 1.54) is 6.07 Å². The molecule has 1 amide bonds. The van der Waals surface area contributed by atoms with E-state index >= 15 is 0 Å². The normalized spacial score (nSPS) is 16.3. The highest BCUT2D eigenvalue weighted by molar-refractivity contribution is 5.75. The molecule has 0 aliphatic heterocycles. The van der Waals surface area contributed by atoms with E-state index in [9.17, 15) is 14.3 Å². The number of carbonyl (C=O) groups excluding carboxylic acids is 1. The quantitative estimate of drug-likeness (QED) is 0.752. The highest BCUT2D eigenvalue weighted by atomic mass is 19.1. The highest BCUT2D eigenvalue weighted by Gasteiger charge is 2.34. The second-order valence-corrected chi connectivity index (χ2v) is 5.24. The van der Waals surface area contributed by atoms with Gasteiger partial charge in [0.15, 0.2) is 11.6 Å². The van der Waals surface area contributed by atoms with Crippen LogP contribution in [-0.2, 0) is 4.79 Å². The molecule has 5 heteroatoms. The van der Waals surface area contributed by atoms with E-state index in [0.29, 0.717) is 26.0 Å². The van der Waals surface area contributed by atoms with Crippen LogP contribution in [0, 0.1) is 5.82 Å². The smallest absolute Gasteiger partial charge is 0.220 e. The first kappa shape index (κ1) is 14.8. The number of nitrogens with one attached hydrogen (secondary N) is 1. The first-order chi connectivity index (χ1) is 9.59. The third-order valence-corrected chi connectivity index (χ3v) is 3.54. The Bertz CT molecular complexity index is 460. The molecule has 1 aromatic rings. The maximum absolute atomic E-state index is 13.2. The lowest BCUT2D eigenvalue weighted by molar-refractivity contribution is -0.123. The van der Waals surface area contributed by atoms with Gasteiger partial charge in [0.05, 0.1) is 12.2 Å². The summed E-state index contributed by atoms with van der Waals surface area (Å²) >= 11 is 0. The van der Waals surface area contributed by atoms with Gasteiger partial charge in [-0.15, -0.1) is 0 Å². The summed E-state index contributed by atoms with van der Waals surface area (Å²) < 4.78 is 18.5. The molecule has 0 atom stereocenters. The van der Waals surface area contributed by atoms with Crippen LogP contribution in [0.2, 0.25) is 0 Å². The van der Waals surface area contributed by atoms with Gasteiger partial charge in [-0.05, 0) is 37.8 Å². The number of aliphatic hydroxyl groups is 1. The largest absolute Gasteiger partial charge is 0.491 e. The van der Waals surface area contributed by atoms with Crippen LogP contribution in [0.3, 0.4) is 0 Å². The predicted octanol–water partition coefficient (Wildman–Crippen LogP) is 2.02. The minimum absolute atomic E-state index is 0.109. The Morgan fingerprint density at radius 2 is 2.15 bits per heavy atom. The van der Waals surface area contributed by atoms with Crippen LogP contribution in [-0.4, -0.2) is 29.8 Å². The molecule has 1 aromatic carbocycles. The van der Waals surface area contributed by atoms with Gasteiger partial charge in [0.1, 0.15) is 0 Å². The van der Waals surface area contributed by atoms with Gasteiger partial charge in [0.2, 0.25) is 5.91 Å². The maximum Gasteiger partial charge on any atom is 0.220 e. The van der Waals surface area contributed by atoms with Crippen LogP contribution in [0.1, 0.15) is 32.1 Å². The molecule has 0 saturated heterocycles. The van der Waals surface area contributed by atoms with Crippen molar-refractivity contribution in [3.63, 3.8) is 0 Å². The molecule has 1 saturated carbocycles. The minimum atomic E-state index is -0.695. The number of benzene rings is 1. The Kier molecular flexibility index (Phi) is 4.95. The number of ether oxygens (including phenoxy) is 1. The number of para-hydroxylation sites is 1. The molecule has 0 unspecified atom stereocenters. The van der Waals surface area contributed by atoms with Crippen molar-refractivity contribution in [1.82, 2.24) is 5.32 Å². The lowest BCUT2D eigenvalue weighted by Crippen LogP contribution is -2.47. The molecule has 2 N–H and O–H groups in total. The molecule has 1 aliphatic carbocycles. The monoisotopic (exact) mass is 281 g/mol. The summed E-state index contributed by atoms with van der Waals surface area (Å²) in [6.45, 7) is 0.610. The number of halogens is 1. The SMILES string of the molecule is O=C(CCCOc1ccccc1F)NCC1(O)CCC1. The lowest BCUT2D eigenvalue weighted by Gasteiger charge is -2.36. The Morgan fingerprint density at radius 3 is 2.80 bits per heavy atom. The van der Waals surface area contributed by atoms with E-state index in [-0.39, 0.29) is 11.7 Å². The van der Waals surface area contributed by atoms with Crippen LogP contribution in [0.5, 0.6) is 5.75 Å². The first-order valence-corrected chi connectivity index (χ1v) is 6.95. The van der Waals surface area contributed by atoms with Gasteiger partial charge in [-0.25, -0.2) is 4.39 Å². The summed E-state index contributed by atoms with van der Waals surface area (Å²) in [6.07, 6.45) is 3.35. The van der Waals surface area contributed by atoms with Crippen molar-refractivity contribution in [2.24, 2.45) is 0 Å². The van der Waals surface area contributed by atoms with Gasteiger partial charge in [0, 0.05) is 13.0 Å². The molecule has 1 aliphatic rings. The van der Waals surface area contributed by atoms with E-state index < -0.39 is 11.4 Å². The van der Waals surface area contributed by atoms with Crippen molar-refractivity contribution in [2.75, 3.05) is 13.2 Å². The van der Waals surface area contributed by atoms with Crippen molar-refractivity contribution in [2.45, 2.75) is 37.7 Å². The number of amides is 1. The van der Waals surface area contributed by atoms with E-state index in [4.69, 9.17) is 4.74 Å². The van der Waals surface area contributed by atoms with Crippen LogP contribution in [0.4, 0.5) is 4.39 Å². The number of rotatable bonds is 7. The molecule has 0 radical (unpaired) electrons. The maximum atomic E-state index is 13.2. The molecule has 110 valence electrons. The molecule has 0 bridgehead atoms. The Morgan fingerprint density at radius 1 is 1.40 bits per heavy atom. The molecule has 20 heavy (non-hydrogen) atoms. The molecule has 0 heterocycles. The zero-order valence-corrected chi connectivity index (χ0v) is 11.4. The fourth-order valence-electron chi connectivity index (χ4n) is 2.09. The van der Waals surface area contributed by atoms with Gasteiger partial charge in [-0.2, -0.15) is 0 Å². The van der Waals surface area contributed by atoms with Crippen LogP contribution < -0.4 is 10.1 Å². The molecule has 2 rings (SSSR count). The summed E-state index contributed by atoms with van der Waals surface area (Å²) in [5.41, 5.74) is -0.695. The fourth-order valence-corrected chi connectivity index (χ4v) is 2.09. The average molecular weight is 281 g/mol. The van der Waals surface area contributed by atoms with Crippen LogP contribution >= 0.6 is 0 Å². The Labute approximate surface area is 117 Å². The van der Waals surface area contributed by atoms with Crippen molar-refractivity contribution in [3.05, 3.63) is 30.1 Å². The molecule has 4 nitrogen and oxygen atoms in total. The number of carbonyl (C=O) groups is 1. The topological polar surface area (TPSA) is 58.6 Å². The molecular formula is C15H20FNO3. The number of hydrogen-bond donors (Lipinski definition) is 2. The van der Waals surface area contributed by atoms with Crippen molar-refractivity contribution < 1.29 is 19.0 Å². The predicted molar refractivity (Wildman–Crippen MR) is 72.9 cm³/mol. The van der Waals surface area contributed by atoms with E-state index in [1.54, 1.807) is 18.2 Å². The zero-order valence-electron chi connectivity index (χ0n) is 11.4. The first-order valence-electron chi connectivity index (χ1n) is 6.95. The van der Waals surface area contributed by atoms with Gasteiger partial charge in [0.25, 0.3) is 0 Å². The summed E-state index contributed by atoms with van der Waals surface area (Å²) in [5, 5.41) is 12.5. The van der Waals surface area contributed by atoms with Gasteiger partial charge >= 0.3 is 0 Å². The van der Waals surface area contributed by atoms with Crippen LogP contribution in [0.25, 0.3) is 0 Å². The Balaban J connectivity index is 1.58. The lowest BCUT2D eigenvalue weighted by atomic mass is 9.80. The van der Waals surface area contributed by atoms with E-state index in [2.05, 4.69) is 5.32 Å². The second-order valence-electron chi connectivity index (χ2n) is 5.24. The third kappa shape index (κ3) is 4.20. The van der Waals surface area contributed by atoms with Gasteiger partial charge in [-0.1, -0.05) is 12.1 Å². The van der Waals surface area contributed by atoms with Crippen molar-refractivity contribution in [3.8, 4) is 5.75 Å². The summed E-state index contributed by atoms with van der Waals surface area (Å²) in [4.78, 5) is 11.6. The summed E-state index contributed by atoms with van der Waals surface area (Å²) in [7, 11) is 0. The summed E-state index contributed by atoms with van der Waals surface area (Å²) in [5.74, 6) is -0.302.